The maximum Gasteiger partial charge on any atom is 0.132 e. The van der Waals surface area contributed by atoms with Gasteiger partial charge < -0.3 is 13.9 Å². The summed E-state index contributed by atoms with van der Waals surface area (Å²) < 4.78 is 10.7. The van der Waals surface area contributed by atoms with Gasteiger partial charge in [0.05, 0.1) is 6.26 Å². The van der Waals surface area contributed by atoms with Crippen molar-refractivity contribution in [3.8, 4) is 0 Å². The molecule has 2 rings (SSSR count). The third-order valence-corrected chi connectivity index (χ3v) is 2.38. The quantitative estimate of drug-likeness (QED) is 0.653. The molecule has 2 atom stereocenters. The molecule has 2 heterocycles. The Labute approximate surface area is 76.7 Å². The Balaban J connectivity index is 2.04. The smallest absolute Gasteiger partial charge is 0.132 e. The number of aldehydes is 1. The van der Waals surface area contributed by atoms with Crippen LogP contribution in [0.2, 0.25) is 0 Å². The van der Waals surface area contributed by atoms with E-state index in [0.29, 0.717) is 6.61 Å². The monoisotopic (exact) mass is 180 g/mol. The van der Waals surface area contributed by atoms with Crippen molar-refractivity contribution in [1.29, 1.82) is 0 Å². The second-order valence-electron chi connectivity index (χ2n) is 3.30. The molecule has 1 saturated heterocycles. The van der Waals surface area contributed by atoms with Crippen molar-refractivity contribution in [3.05, 3.63) is 24.2 Å². The van der Waals surface area contributed by atoms with E-state index in [0.717, 1.165) is 24.9 Å². The molecule has 0 aliphatic carbocycles. The topological polar surface area (TPSA) is 39.4 Å². The minimum Gasteiger partial charge on any atom is -0.467 e. The Morgan fingerprint density at radius 1 is 1.54 bits per heavy atom. The van der Waals surface area contributed by atoms with Crippen LogP contribution in [0.15, 0.2) is 22.8 Å². The van der Waals surface area contributed by atoms with E-state index in [1.54, 1.807) is 6.26 Å². The SMILES string of the molecule is O=CC1CCOC(c2ccco2)C1. The fourth-order valence-electron chi connectivity index (χ4n) is 1.62. The van der Waals surface area contributed by atoms with Crippen molar-refractivity contribution in [1.82, 2.24) is 0 Å². The first-order chi connectivity index (χ1) is 6.40. The number of carbonyl (C=O) groups is 1. The first-order valence-corrected chi connectivity index (χ1v) is 4.50. The second-order valence-corrected chi connectivity index (χ2v) is 3.30. The Bertz CT molecular complexity index is 266. The summed E-state index contributed by atoms with van der Waals surface area (Å²) in [7, 11) is 0. The van der Waals surface area contributed by atoms with Gasteiger partial charge in [0, 0.05) is 12.5 Å². The van der Waals surface area contributed by atoms with Crippen molar-refractivity contribution in [3.63, 3.8) is 0 Å². The molecule has 0 aromatic carbocycles. The molecule has 1 aromatic heterocycles. The molecule has 2 unspecified atom stereocenters. The summed E-state index contributed by atoms with van der Waals surface area (Å²) in [5.41, 5.74) is 0. The lowest BCUT2D eigenvalue weighted by Crippen LogP contribution is -2.20. The zero-order valence-electron chi connectivity index (χ0n) is 7.31. The standard InChI is InChI=1S/C10H12O3/c11-7-8-3-5-13-10(6-8)9-2-1-4-12-9/h1-2,4,7-8,10H,3,5-6H2. The van der Waals surface area contributed by atoms with Gasteiger partial charge in [0.1, 0.15) is 18.2 Å². The van der Waals surface area contributed by atoms with E-state index in [-0.39, 0.29) is 12.0 Å². The molecular weight excluding hydrogens is 168 g/mol. The van der Waals surface area contributed by atoms with E-state index in [9.17, 15) is 4.79 Å². The summed E-state index contributed by atoms with van der Waals surface area (Å²) in [5.74, 6) is 0.954. The van der Waals surface area contributed by atoms with Crippen LogP contribution >= 0.6 is 0 Å². The number of carbonyl (C=O) groups excluding carboxylic acids is 1. The van der Waals surface area contributed by atoms with Crippen LogP contribution in [-0.4, -0.2) is 12.9 Å². The van der Waals surface area contributed by atoms with Crippen molar-refractivity contribution < 1.29 is 13.9 Å². The number of hydrogen-bond donors (Lipinski definition) is 0. The van der Waals surface area contributed by atoms with Crippen LogP contribution in [0.4, 0.5) is 0 Å². The molecule has 1 aliphatic heterocycles. The Morgan fingerprint density at radius 2 is 2.46 bits per heavy atom. The second kappa shape index (κ2) is 3.75. The summed E-state index contributed by atoms with van der Waals surface area (Å²) in [6, 6.07) is 3.72. The first kappa shape index (κ1) is 8.51. The number of furan rings is 1. The van der Waals surface area contributed by atoms with E-state index in [2.05, 4.69) is 0 Å². The molecule has 0 spiro atoms. The fourth-order valence-corrected chi connectivity index (χ4v) is 1.62. The normalized spacial score (nSPS) is 28.6. The van der Waals surface area contributed by atoms with Gasteiger partial charge in [-0.15, -0.1) is 0 Å². The van der Waals surface area contributed by atoms with Crippen LogP contribution in [0, 0.1) is 5.92 Å². The van der Waals surface area contributed by atoms with Crippen LogP contribution in [0.3, 0.4) is 0 Å². The van der Waals surface area contributed by atoms with Gasteiger partial charge in [-0.1, -0.05) is 0 Å². The van der Waals surface area contributed by atoms with Crippen molar-refractivity contribution in [2.45, 2.75) is 18.9 Å². The van der Waals surface area contributed by atoms with Gasteiger partial charge in [-0.2, -0.15) is 0 Å². The average Bonchev–Trinajstić information content (AvgIpc) is 2.71. The van der Waals surface area contributed by atoms with Gasteiger partial charge in [-0.3, -0.25) is 0 Å². The number of rotatable bonds is 2. The lowest BCUT2D eigenvalue weighted by molar-refractivity contribution is -0.116. The van der Waals surface area contributed by atoms with Gasteiger partial charge >= 0.3 is 0 Å². The Kier molecular flexibility index (Phi) is 2.45. The third-order valence-electron chi connectivity index (χ3n) is 2.38. The molecule has 13 heavy (non-hydrogen) atoms. The number of hydrogen-bond acceptors (Lipinski definition) is 3. The molecule has 1 fully saturated rings. The lowest BCUT2D eigenvalue weighted by atomic mass is 9.96. The fraction of sp³-hybridized carbons (Fsp3) is 0.500. The van der Waals surface area contributed by atoms with Gasteiger partial charge in [-0.05, 0) is 25.0 Å². The van der Waals surface area contributed by atoms with Crippen molar-refractivity contribution in [2.75, 3.05) is 6.61 Å². The van der Waals surface area contributed by atoms with E-state index in [1.807, 2.05) is 12.1 Å². The zero-order valence-corrected chi connectivity index (χ0v) is 7.31. The highest BCUT2D eigenvalue weighted by atomic mass is 16.5. The van der Waals surface area contributed by atoms with E-state index in [4.69, 9.17) is 9.15 Å². The van der Waals surface area contributed by atoms with Crippen LogP contribution in [-0.2, 0) is 9.53 Å². The molecule has 0 saturated carbocycles. The minimum absolute atomic E-state index is 0.0288. The Morgan fingerprint density at radius 3 is 3.15 bits per heavy atom. The zero-order chi connectivity index (χ0) is 9.10. The Hall–Kier alpha value is -1.09. The molecule has 3 heteroatoms. The summed E-state index contributed by atoms with van der Waals surface area (Å²) in [6.45, 7) is 0.648. The van der Waals surface area contributed by atoms with E-state index in [1.165, 1.54) is 0 Å². The van der Waals surface area contributed by atoms with E-state index < -0.39 is 0 Å². The van der Waals surface area contributed by atoms with Gasteiger partial charge in [0.15, 0.2) is 0 Å². The highest BCUT2D eigenvalue weighted by Gasteiger charge is 2.24. The lowest BCUT2D eigenvalue weighted by Gasteiger charge is -2.24. The van der Waals surface area contributed by atoms with Crippen LogP contribution < -0.4 is 0 Å². The molecule has 1 aliphatic rings. The molecule has 1 aromatic rings. The first-order valence-electron chi connectivity index (χ1n) is 4.50. The summed E-state index contributed by atoms with van der Waals surface area (Å²) in [5, 5.41) is 0. The highest BCUT2D eigenvalue weighted by molar-refractivity contribution is 5.53. The largest absolute Gasteiger partial charge is 0.467 e. The summed E-state index contributed by atoms with van der Waals surface area (Å²) >= 11 is 0. The minimum atomic E-state index is -0.0288. The van der Waals surface area contributed by atoms with Crippen LogP contribution in [0.5, 0.6) is 0 Å². The van der Waals surface area contributed by atoms with Gasteiger partial charge in [0.2, 0.25) is 0 Å². The highest BCUT2D eigenvalue weighted by Crippen LogP contribution is 2.30. The van der Waals surface area contributed by atoms with Crippen LogP contribution in [0.25, 0.3) is 0 Å². The van der Waals surface area contributed by atoms with Crippen molar-refractivity contribution in [2.24, 2.45) is 5.92 Å². The predicted molar refractivity (Wildman–Crippen MR) is 46.2 cm³/mol. The van der Waals surface area contributed by atoms with Crippen LogP contribution in [0.1, 0.15) is 24.7 Å². The van der Waals surface area contributed by atoms with Gasteiger partial charge in [-0.25, -0.2) is 0 Å². The molecule has 70 valence electrons. The predicted octanol–water partition coefficient (Wildman–Crippen LogP) is 1.95. The van der Waals surface area contributed by atoms with Crippen molar-refractivity contribution >= 4 is 6.29 Å². The van der Waals surface area contributed by atoms with E-state index >= 15 is 0 Å². The summed E-state index contributed by atoms with van der Waals surface area (Å²) in [6.07, 6.45) is 4.19. The average molecular weight is 180 g/mol. The molecular formula is C10H12O3. The molecule has 0 radical (unpaired) electrons. The molecule has 3 nitrogen and oxygen atoms in total. The molecule has 0 amide bonds. The summed E-state index contributed by atoms with van der Waals surface area (Å²) in [4.78, 5) is 10.6. The molecule has 0 bridgehead atoms. The maximum absolute atomic E-state index is 10.6. The number of ether oxygens (including phenoxy) is 1. The van der Waals surface area contributed by atoms with Gasteiger partial charge in [0.25, 0.3) is 0 Å². The maximum atomic E-state index is 10.6. The molecule has 0 N–H and O–H groups in total. The third kappa shape index (κ3) is 1.80.